The van der Waals surface area contributed by atoms with E-state index in [-0.39, 0.29) is 0 Å². The van der Waals surface area contributed by atoms with Gasteiger partial charge in [0, 0.05) is 23.8 Å². The Kier molecular flexibility index (Phi) is 3.36. The highest BCUT2D eigenvalue weighted by molar-refractivity contribution is 6.18. The minimum Gasteiger partial charge on any atom is -0.385 e. The summed E-state index contributed by atoms with van der Waals surface area (Å²) in [6.07, 6.45) is 2.11. The zero-order chi connectivity index (χ0) is 11.7. The van der Waals surface area contributed by atoms with Gasteiger partial charge in [-0.15, -0.1) is 11.6 Å². The SMILES string of the molecule is C=C1C(CCCl)=C(C)N=C2C(O)CCCN12. The van der Waals surface area contributed by atoms with E-state index < -0.39 is 6.10 Å². The number of aliphatic imine (C=N–C) groups is 1. The average molecular weight is 241 g/mol. The molecule has 0 bridgehead atoms. The molecule has 1 atom stereocenters. The summed E-state index contributed by atoms with van der Waals surface area (Å²) < 4.78 is 0. The number of hydrogen-bond acceptors (Lipinski definition) is 3. The summed E-state index contributed by atoms with van der Waals surface area (Å²) in [6.45, 7) is 6.95. The van der Waals surface area contributed by atoms with Crippen LogP contribution in [0.25, 0.3) is 0 Å². The maximum absolute atomic E-state index is 9.89. The Bertz CT molecular complexity index is 373. The van der Waals surface area contributed by atoms with E-state index in [0.29, 0.717) is 5.88 Å². The largest absolute Gasteiger partial charge is 0.385 e. The van der Waals surface area contributed by atoms with Crippen molar-refractivity contribution in [3.63, 3.8) is 0 Å². The molecule has 0 aromatic carbocycles. The van der Waals surface area contributed by atoms with Crippen LogP contribution >= 0.6 is 11.6 Å². The Balaban J connectivity index is 2.35. The molecule has 0 saturated carbocycles. The summed E-state index contributed by atoms with van der Waals surface area (Å²) in [7, 11) is 0. The van der Waals surface area contributed by atoms with Gasteiger partial charge in [-0.1, -0.05) is 6.58 Å². The molecule has 2 aliphatic heterocycles. The summed E-state index contributed by atoms with van der Waals surface area (Å²) in [5.74, 6) is 1.33. The molecule has 0 aromatic rings. The normalized spacial score (nSPS) is 25.7. The molecule has 0 aromatic heterocycles. The van der Waals surface area contributed by atoms with E-state index in [2.05, 4.69) is 11.6 Å². The van der Waals surface area contributed by atoms with Crippen LogP contribution in [0.2, 0.25) is 0 Å². The lowest BCUT2D eigenvalue weighted by atomic mass is 9.99. The van der Waals surface area contributed by atoms with Gasteiger partial charge in [-0.25, -0.2) is 4.99 Å². The number of piperidine rings is 1. The summed E-state index contributed by atoms with van der Waals surface area (Å²) in [5, 5.41) is 9.89. The first-order chi connectivity index (χ1) is 7.65. The number of alkyl halides is 1. The number of halogens is 1. The predicted octanol–water partition coefficient (Wildman–Crippen LogP) is 2.27. The third-order valence-electron chi connectivity index (χ3n) is 3.17. The van der Waals surface area contributed by atoms with Crippen LogP contribution in [-0.4, -0.2) is 34.4 Å². The predicted molar refractivity (Wildman–Crippen MR) is 66.6 cm³/mol. The van der Waals surface area contributed by atoms with Gasteiger partial charge in [0.05, 0.1) is 0 Å². The van der Waals surface area contributed by atoms with Crippen molar-refractivity contribution in [1.82, 2.24) is 4.90 Å². The van der Waals surface area contributed by atoms with Crippen LogP contribution in [0.4, 0.5) is 0 Å². The number of rotatable bonds is 2. The van der Waals surface area contributed by atoms with Gasteiger partial charge in [0.2, 0.25) is 0 Å². The van der Waals surface area contributed by atoms with Crippen molar-refractivity contribution < 1.29 is 5.11 Å². The van der Waals surface area contributed by atoms with E-state index in [1.165, 1.54) is 0 Å². The van der Waals surface area contributed by atoms with Gasteiger partial charge in [-0.2, -0.15) is 0 Å². The van der Waals surface area contributed by atoms with Crippen LogP contribution in [0.5, 0.6) is 0 Å². The summed E-state index contributed by atoms with van der Waals surface area (Å²) in [5.41, 5.74) is 3.02. The van der Waals surface area contributed by atoms with Gasteiger partial charge in [-0.3, -0.25) is 0 Å². The van der Waals surface area contributed by atoms with Gasteiger partial charge in [0.25, 0.3) is 0 Å². The Morgan fingerprint density at radius 1 is 1.62 bits per heavy atom. The first kappa shape index (κ1) is 11.7. The van der Waals surface area contributed by atoms with Crippen molar-refractivity contribution in [2.24, 2.45) is 4.99 Å². The fourth-order valence-electron chi connectivity index (χ4n) is 2.31. The van der Waals surface area contributed by atoms with E-state index in [0.717, 1.165) is 48.6 Å². The van der Waals surface area contributed by atoms with E-state index >= 15 is 0 Å². The standard InChI is InChI=1S/C12H17ClN2O/c1-8-10(5-6-13)9(2)15-7-3-4-11(16)12(15)14-8/h11,16H,2-7H2,1H3. The van der Waals surface area contributed by atoms with Crippen LogP contribution in [0.1, 0.15) is 26.2 Å². The highest BCUT2D eigenvalue weighted by Crippen LogP contribution is 2.31. The highest BCUT2D eigenvalue weighted by Gasteiger charge is 2.31. The molecule has 2 aliphatic rings. The second-order valence-electron chi connectivity index (χ2n) is 4.23. The molecular weight excluding hydrogens is 224 g/mol. The monoisotopic (exact) mass is 240 g/mol. The molecule has 1 N–H and O–H groups in total. The molecule has 2 heterocycles. The Morgan fingerprint density at radius 3 is 3.06 bits per heavy atom. The first-order valence-corrected chi connectivity index (χ1v) is 6.17. The van der Waals surface area contributed by atoms with E-state index in [1.807, 2.05) is 11.8 Å². The van der Waals surface area contributed by atoms with Gasteiger partial charge >= 0.3 is 0 Å². The van der Waals surface area contributed by atoms with E-state index in [1.54, 1.807) is 0 Å². The number of amidine groups is 1. The van der Waals surface area contributed by atoms with Gasteiger partial charge in [0.15, 0.2) is 0 Å². The molecule has 0 aliphatic carbocycles. The molecule has 3 nitrogen and oxygen atoms in total. The number of nitrogens with zero attached hydrogens (tertiary/aromatic N) is 2. The van der Waals surface area contributed by atoms with Crippen LogP contribution in [0, 0.1) is 0 Å². The third-order valence-corrected chi connectivity index (χ3v) is 3.36. The number of fused-ring (bicyclic) bond motifs is 1. The number of aliphatic hydroxyl groups is 1. The third kappa shape index (κ3) is 1.89. The number of allylic oxidation sites excluding steroid dienone is 2. The summed E-state index contributed by atoms with van der Waals surface area (Å²) in [6, 6.07) is 0. The molecule has 88 valence electrons. The number of aliphatic hydroxyl groups excluding tert-OH is 1. The maximum Gasteiger partial charge on any atom is 0.138 e. The molecule has 1 unspecified atom stereocenters. The topological polar surface area (TPSA) is 35.8 Å². The first-order valence-electron chi connectivity index (χ1n) is 5.64. The zero-order valence-electron chi connectivity index (χ0n) is 9.54. The quantitative estimate of drug-likeness (QED) is 0.752. The fraction of sp³-hybridized carbons (Fsp3) is 0.583. The van der Waals surface area contributed by atoms with Crippen molar-refractivity contribution in [2.75, 3.05) is 12.4 Å². The average Bonchev–Trinajstić information content (AvgIpc) is 2.26. The lowest BCUT2D eigenvalue weighted by molar-refractivity contribution is 0.188. The summed E-state index contributed by atoms with van der Waals surface area (Å²) in [4.78, 5) is 6.52. The molecule has 1 fully saturated rings. The van der Waals surface area contributed by atoms with Gasteiger partial charge < -0.3 is 10.0 Å². The zero-order valence-corrected chi connectivity index (χ0v) is 10.3. The van der Waals surface area contributed by atoms with Crippen LogP contribution in [0.3, 0.4) is 0 Å². The Hall–Kier alpha value is -0.800. The van der Waals surface area contributed by atoms with Crippen molar-refractivity contribution in [3.05, 3.63) is 23.5 Å². The van der Waals surface area contributed by atoms with Crippen LogP contribution < -0.4 is 0 Å². The van der Waals surface area contributed by atoms with Crippen LogP contribution in [0.15, 0.2) is 28.5 Å². The van der Waals surface area contributed by atoms with Gasteiger partial charge in [0.1, 0.15) is 11.9 Å². The highest BCUT2D eigenvalue weighted by atomic mass is 35.5. The smallest absolute Gasteiger partial charge is 0.138 e. The minimum absolute atomic E-state index is 0.446. The molecular formula is C12H17ClN2O. The lowest BCUT2D eigenvalue weighted by Gasteiger charge is -2.38. The fourth-order valence-corrected chi connectivity index (χ4v) is 2.49. The Labute approximate surface area is 101 Å². The Morgan fingerprint density at radius 2 is 2.38 bits per heavy atom. The molecule has 1 saturated heterocycles. The molecule has 0 spiro atoms. The molecule has 4 heteroatoms. The van der Waals surface area contributed by atoms with E-state index in [4.69, 9.17) is 11.6 Å². The van der Waals surface area contributed by atoms with Crippen molar-refractivity contribution in [1.29, 1.82) is 0 Å². The van der Waals surface area contributed by atoms with Gasteiger partial charge in [-0.05, 0) is 31.8 Å². The van der Waals surface area contributed by atoms with Crippen molar-refractivity contribution >= 4 is 17.4 Å². The molecule has 2 rings (SSSR count). The van der Waals surface area contributed by atoms with Crippen molar-refractivity contribution in [2.45, 2.75) is 32.3 Å². The second-order valence-corrected chi connectivity index (χ2v) is 4.61. The van der Waals surface area contributed by atoms with Crippen LogP contribution in [-0.2, 0) is 0 Å². The summed E-state index contributed by atoms with van der Waals surface area (Å²) >= 11 is 5.78. The lowest BCUT2D eigenvalue weighted by Crippen LogP contribution is -2.45. The minimum atomic E-state index is -0.446. The number of hydrogen-bond donors (Lipinski definition) is 1. The molecule has 0 radical (unpaired) electrons. The van der Waals surface area contributed by atoms with E-state index in [9.17, 15) is 5.11 Å². The molecule has 0 amide bonds. The maximum atomic E-state index is 9.89. The van der Waals surface area contributed by atoms with Crippen molar-refractivity contribution in [3.8, 4) is 0 Å². The second kappa shape index (κ2) is 4.60. The molecule has 16 heavy (non-hydrogen) atoms.